The molecule has 0 spiro atoms. The summed E-state index contributed by atoms with van der Waals surface area (Å²) in [6.45, 7) is 2.13. The third kappa shape index (κ3) is 4.50. The Morgan fingerprint density at radius 2 is 2.07 bits per heavy atom. The summed E-state index contributed by atoms with van der Waals surface area (Å²) >= 11 is 1.08. The average Bonchev–Trinajstić information content (AvgIpc) is 3.42. The highest BCUT2D eigenvalue weighted by Gasteiger charge is 2.24. The molecular weight excluding hydrogens is 406 g/mol. The number of nitrogens with zero attached hydrogens (tertiary/aromatic N) is 1. The van der Waals surface area contributed by atoms with Crippen LogP contribution in [0.3, 0.4) is 0 Å². The van der Waals surface area contributed by atoms with E-state index in [9.17, 15) is 14.4 Å². The van der Waals surface area contributed by atoms with Crippen molar-refractivity contribution in [2.75, 3.05) is 13.7 Å². The number of H-pyrrole nitrogens is 1. The first kappa shape index (κ1) is 21.5. The van der Waals surface area contributed by atoms with E-state index >= 15 is 0 Å². The van der Waals surface area contributed by atoms with Crippen molar-refractivity contribution >= 4 is 40.0 Å². The lowest BCUT2D eigenvalue weighted by Gasteiger charge is -2.14. The van der Waals surface area contributed by atoms with Gasteiger partial charge in [-0.2, -0.15) is 5.10 Å². The van der Waals surface area contributed by atoms with Crippen LogP contribution in [0.4, 0.5) is 0 Å². The van der Waals surface area contributed by atoms with Crippen LogP contribution in [0.15, 0.2) is 30.5 Å². The lowest BCUT2D eigenvalue weighted by molar-refractivity contribution is -0.142. The van der Waals surface area contributed by atoms with Gasteiger partial charge in [0.05, 0.1) is 28.6 Å². The maximum absolute atomic E-state index is 12.7. The summed E-state index contributed by atoms with van der Waals surface area (Å²) in [5, 5.41) is 13.3. The number of aromatic amines is 1. The molecule has 0 aliphatic carbocycles. The van der Waals surface area contributed by atoms with E-state index in [2.05, 4.69) is 25.6 Å². The number of ether oxygens (including phenoxy) is 1. The number of methoxy groups -OCH3 is 1. The Hall–Kier alpha value is -3.24. The van der Waals surface area contributed by atoms with Gasteiger partial charge in [0, 0.05) is 18.5 Å². The molecule has 0 aliphatic rings. The quantitative estimate of drug-likeness (QED) is 0.399. The average molecular weight is 430 g/mol. The monoisotopic (exact) mass is 429 g/mol. The maximum Gasteiger partial charge on any atom is 0.329 e. The summed E-state index contributed by atoms with van der Waals surface area (Å²) in [6, 6.07) is 6.47. The van der Waals surface area contributed by atoms with E-state index in [1.54, 1.807) is 12.3 Å². The Balaban J connectivity index is 1.73. The van der Waals surface area contributed by atoms with Gasteiger partial charge in [-0.3, -0.25) is 14.7 Å². The van der Waals surface area contributed by atoms with Crippen molar-refractivity contribution < 1.29 is 19.1 Å². The van der Waals surface area contributed by atoms with Gasteiger partial charge >= 0.3 is 5.97 Å². The Morgan fingerprint density at radius 3 is 2.77 bits per heavy atom. The molecule has 10 heteroatoms. The molecule has 5 N–H and O–H groups in total. The van der Waals surface area contributed by atoms with Crippen LogP contribution in [0, 0.1) is 0 Å². The molecule has 0 aliphatic heterocycles. The number of fused-ring (bicyclic) bond motifs is 1. The van der Waals surface area contributed by atoms with Crippen molar-refractivity contribution in [3.63, 3.8) is 0 Å². The second kappa shape index (κ2) is 9.51. The molecular formula is C20H23N5O4S. The van der Waals surface area contributed by atoms with E-state index in [1.165, 1.54) is 7.11 Å². The molecule has 3 aromatic rings. The number of thiophene rings is 1. The molecule has 30 heavy (non-hydrogen) atoms. The van der Waals surface area contributed by atoms with E-state index in [-0.39, 0.29) is 12.5 Å². The zero-order valence-electron chi connectivity index (χ0n) is 16.7. The number of hydrogen-bond donors (Lipinski definition) is 4. The predicted molar refractivity (Wildman–Crippen MR) is 113 cm³/mol. The molecule has 1 aromatic carbocycles. The number of rotatable bonds is 8. The van der Waals surface area contributed by atoms with Crippen LogP contribution in [0.25, 0.3) is 10.9 Å². The number of amides is 2. The van der Waals surface area contributed by atoms with Crippen LogP contribution in [-0.2, 0) is 22.5 Å². The largest absolute Gasteiger partial charge is 0.467 e. The highest BCUT2D eigenvalue weighted by molar-refractivity contribution is 7.16. The Kier molecular flexibility index (Phi) is 6.80. The number of carbonyl (C=O) groups is 3. The number of carbonyl (C=O) groups excluding carboxylic acids is 3. The highest BCUT2D eigenvalue weighted by Crippen LogP contribution is 2.24. The van der Waals surface area contributed by atoms with Crippen molar-refractivity contribution in [3.05, 3.63) is 51.3 Å². The molecule has 158 valence electrons. The van der Waals surface area contributed by atoms with Crippen LogP contribution in [-0.4, -0.2) is 47.7 Å². The Morgan fingerprint density at radius 1 is 1.27 bits per heavy atom. The molecule has 2 aromatic heterocycles. The number of nitrogens with two attached hydrogens (primary N) is 1. The third-order valence-corrected chi connectivity index (χ3v) is 5.84. The molecule has 9 nitrogen and oxygen atoms in total. The second-order valence-electron chi connectivity index (χ2n) is 6.53. The van der Waals surface area contributed by atoms with E-state index in [0.717, 1.165) is 33.4 Å². The summed E-state index contributed by atoms with van der Waals surface area (Å²) < 4.78 is 4.64. The standard InChI is InChI=1S/C20H23N5O4S/c1-3-11-7-16(30-17(11)19(27)24-15(8-21)20(28)29-2)18(26)22-9-12-5-4-6-14-13(12)10-23-25-14/h4-7,10,15H,3,8-9,21H2,1-2H3,(H,22,26)(H,23,25)(H,24,27). The molecule has 1 atom stereocenters. The zero-order chi connectivity index (χ0) is 21.7. The van der Waals surface area contributed by atoms with Crippen LogP contribution in [0.1, 0.15) is 37.4 Å². The smallest absolute Gasteiger partial charge is 0.329 e. The number of hydrogen-bond acceptors (Lipinski definition) is 7. The van der Waals surface area contributed by atoms with Crippen LogP contribution < -0.4 is 16.4 Å². The highest BCUT2D eigenvalue weighted by atomic mass is 32.1. The molecule has 1 unspecified atom stereocenters. The molecule has 3 rings (SSSR count). The zero-order valence-corrected chi connectivity index (χ0v) is 17.5. The van der Waals surface area contributed by atoms with Crippen LogP contribution >= 0.6 is 11.3 Å². The summed E-state index contributed by atoms with van der Waals surface area (Å²) in [4.78, 5) is 37.8. The van der Waals surface area contributed by atoms with Gasteiger partial charge in [-0.15, -0.1) is 11.3 Å². The van der Waals surface area contributed by atoms with Gasteiger partial charge in [0.15, 0.2) is 0 Å². The maximum atomic E-state index is 12.7. The first-order chi connectivity index (χ1) is 14.5. The van der Waals surface area contributed by atoms with Crippen LogP contribution in [0.2, 0.25) is 0 Å². The first-order valence-corrected chi connectivity index (χ1v) is 10.2. The lowest BCUT2D eigenvalue weighted by Crippen LogP contribution is -2.46. The summed E-state index contributed by atoms with van der Waals surface area (Å²) in [5.41, 5.74) is 8.09. The molecule has 0 fully saturated rings. The second-order valence-corrected chi connectivity index (χ2v) is 7.59. The summed E-state index contributed by atoms with van der Waals surface area (Å²) in [7, 11) is 1.23. The Labute approximate surface area is 177 Å². The van der Waals surface area contributed by atoms with Gasteiger partial charge in [-0.1, -0.05) is 19.1 Å². The summed E-state index contributed by atoms with van der Waals surface area (Å²) in [5.74, 6) is -1.36. The predicted octanol–water partition coefficient (Wildman–Crippen LogP) is 1.35. The van der Waals surface area contributed by atoms with Crippen molar-refractivity contribution in [2.45, 2.75) is 25.9 Å². The van der Waals surface area contributed by atoms with Crippen LogP contribution in [0.5, 0.6) is 0 Å². The van der Waals surface area contributed by atoms with Gasteiger partial charge in [0.25, 0.3) is 11.8 Å². The number of aryl methyl sites for hydroxylation is 1. The van der Waals surface area contributed by atoms with Gasteiger partial charge in [0.2, 0.25) is 0 Å². The molecule has 2 heterocycles. The minimum atomic E-state index is -0.943. The molecule has 0 bridgehead atoms. The fraction of sp³-hybridized carbons (Fsp3) is 0.300. The third-order valence-electron chi connectivity index (χ3n) is 4.66. The van der Waals surface area contributed by atoms with Crippen molar-refractivity contribution in [1.82, 2.24) is 20.8 Å². The molecule has 0 radical (unpaired) electrons. The normalized spacial score (nSPS) is 11.8. The topological polar surface area (TPSA) is 139 Å². The van der Waals surface area contributed by atoms with Crippen molar-refractivity contribution in [1.29, 1.82) is 0 Å². The van der Waals surface area contributed by atoms with Gasteiger partial charge < -0.3 is 21.1 Å². The fourth-order valence-corrected chi connectivity index (χ4v) is 4.09. The minimum absolute atomic E-state index is 0.0852. The van der Waals surface area contributed by atoms with E-state index < -0.39 is 17.9 Å². The van der Waals surface area contributed by atoms with E-state index in [1.807, 2.05) is 25.1 Å². The minimum Gasteiger partial charge on any atom is -0.467 e. The molecule has 0 saturated carbocycles. The fourth-order valence-electron chi connectivity index (χ4n) is 3.02. The number of esters is 1. The van der Waals surface area contributed by atoms with Gasteiger partial charge in [-0.05, 0) is 29.7 Å². The van der Waals surface area contributed by atoms with Gasteiger partial charge in [-0.25, -0.2) is 4.79 Å². The number of nitrogens with one attached hydrogen (secondary N) is 3. The van der Waals surface area contributed by atoms with Crippen molar-refractivity contribution in [2.24, 2.45) is 5.73 Å². The first-order valence-electron chi connectivity index (χ1n) is 9.39. The number of aromatic nitrogens is 2. The summed E-state index contributed by atoms with van der Waals surface area (Å²) in [6.07, 6.45) is 2.28. The number of benzene rings is 1. The molecule has 0 saturated heterocycles. The SMILES string of the molecule is CCc1cc(C(=O)NCc2cccc3[nH]ncc23)sc1C(=O)NC(CN)C(=O)OC. The Bertz CT molecular complexity index is 1070. The molecule has 2 amide bonds. The van der Waals surface area contributed by atoms with E-state index in [4.69, 9.17) is 5.73 Å². The van der Waals surface area contributed by atoms with E-state index in [0.29, 0.717) is 22.7 Å². The lowest BCUT2D eigenvalue weighted by atomic mass is 10.1. The van der Waals surface area contributed by atoms with Crippen molar-refractivity contribution in [3.8, 4) is 0 Å². The van der Waals surface area contributed by atoms with Gasteiger partial charge in [0.1, 0.15) is 6.04 Å².